The highest BCUT2D eigenvalue weighted by Gasteiger charge is 2.31. The second-order valence-electron chi connectivity index (χ2n) is 9.44. The number of halogens is 1. The van der Waals surface area contributed by atoms with Gasteiger partial charge in [0.05, 0.1) is 0 Å². The van der Waals surface area contributed by atoms with E-state index in [1.54, 1.807) is 4.90 Å². The molecular weight excluding hydrogens is 540 g/mol. The molecule has 2 unspecified atom stereocenters. The van der Waals surface area contributed by atoms with E-state index >= 15 is 0 Å². The van der Waals surface area contributed by atoms with Crippen molar-refractivity contribution < 1.29 is 14.3 Å². The van der Waals surface area contributed by atoms with E-state index in [0.29, 0.717) is 12.2 Å². The Kier molecular flexibility index (Phi) is 9.55. The van der Waals surface area contributed by atoms with Gasteiger partial charge in [-0.15, -0.1) is 0 Å². The molecule has 6 heteroatoms. The molecule has 4 aromatic rings. The zero-order valence-corrected chi connectivity index (χ0v) is 23.4. The Morgan fingerprint density at radius 1 is 0.895 bits per heavy atom. The molecule has 4 rings (SSSR count). The highest BCUT2D eigenvalue weighted by atomic mass is 79.9. The molecule has 0 saturated heterocycles. The van der Waals surface area contributed by atoms with Gasteiger partial charge in [0.25, 0.3) is 5.91 Å². The average molecular weight is 574 g/mol. The van der Waals surface area contributed by atoms with Crippen LogP contribution in [-0.2, 0) is 22.6 Å². The number of carbonyl (C=O) groups excluding carboxylic acids is 2. The van der Waals surface area contributed by atoms with Crippen molar-refractivity contribution in [3.05, 3.63) is 113 Å². The van der Waals surface area contributed by atoms with Crippen LogP contribution in [0.15, 0.2) is 102 Å². The lowest BCUT2D eigenvalue weighted by atomic mass is 10.0. The van der Waals surface area contributed by atoms with Crippen LogP contribution in [0.3, 0.4) is 0 Å². The Balaban J connectivity index is 1.65. The van der Waals surface area contributed by atoms with Crippen LogP contribution >= 0.6 is 15.9 Å². The van der Waals surface area contributed by atoms with E-state index < -0.39 is 6.04 Å². The summed E-state index contributed by atoms with van der Waals surface area (Å²) in [7, 11) is 0. The summed E-state index contributed by atoms with van der Waals surface area (Å²) in [5, 5.41) is 5.08. The third kappa shape index (κ3) is 7.23. The largest absolute Gasteiger partial charge is 0.483 e. The smallest absolute Gasteiger partial charge is 0.261 e. The van der Waals surface area contributed by atoms with Crippen molar-refractivity contribution in [2.45, 2.75) is 45.3 Å². The van der Waals surface area contributed by atoms with E-state index in [-0.39, 0.29) is 31.0 Å². The molecule has 2 atom stereocenters. The summed E-state index contributed by atoms with van der Waals surface area (Å²) in [6, 6.07) is 30.6. The number of benzene rings is 4. The van der Waals surface area contributed by atoms with Crippen molar-refractivity contribution in [3.8, 4) is 5.75 Å². The fourth-order valence-corrected chi connectivity index (χ4v) is 4.82. The molecule has 196 valence electrons. The molecule has 4 aromatic carbocycles. The molecule has 38 heavy (non-hydrogen) atoms. The van der Waals surface area contributed by atoms with Crippen LogP contribution in [0.4, 0.5) is 0 Å². The van der Waals surface area contributed by atoms with Gasteiger partial charge < -0.3 is 15.0 Å². The molecule has 0 saturated carbocycles. The van der Waals surface area contributed by atoms with Crippen molar-refractivity contribution in [2.75, 3.05) is 6.61 Å². The molecule has 2 amide bonds. The van der Waals surface area contributed by atoms with Crippen molar-refractivity contribution >= 4 is 38.5 Å². The Morgan fingerprint density at radius 2 is 1.58 bits per heavy atom. The summed E-state index contributed by atoms with van der Waals surface area (Å²) < 4.78 is 6.99. The number of nitrogens with one attached hydrogen (secondary N) is 1. The third-order valence-corrected chi connectivity index (χ3v) is 7.11. The molecule has 0 aliphatic heterocycles. The second-order valence-corrected chi connectivity index (χ2v) is 10.4. The number of amides is 2. The van der Waals surface area contributed by atoms with E-state index in [1.165, 1.54) is 0 Å². The number of ether oxygens (including phenoxy) is 1. The van der Waals surface area contributed by atoms with Gasteiger partial charge in [0.1, 0.15) is 11.8 Å². The van der Waals surface area contributed by atoms with E-state index in [4.69, 9.17) is 4.74 Å². The number of hydrogen-bond acceptors (Lipinski definition) is 3. The summed E-state index contributed by atoms with van der Waals surface area (Å²) in [5.74, 6) is 0.220. The molecule has 0 heterocycles. The van der Waals surface area contributed by atoms with Gasteiger partial charge in [-0.1, -0.05) is 102 Å². The summed E-state index contributed by atoms with van der Waals surface area (Å²) >= 11 is 3.53. The molecule has 0 radical (unpaired) electrons. The molecule has 0 aromatic heterocycles. The molecule has 0 spiro atoms. The minimum absolute atomic E-state index is 0.00414. The van der Waals surface area contributed by atoms with E-state index in [9.17, 15) is 9.59 Å². The summed E-state index contributed by atoms with van der Waals surface area (Å²) in [6.07, 6.45) is 1.20. The average Bonchev–Trinajstić information content (AvgIpc) is 2.94. The van der Waals surface area contributed by atoms with E-state index in [0.717, 1.165) is 32.8 Å². The lowest BCUT2D eigenvalue weighted by Crippen LogP contribution is -2.53. The fourth-order valence-electron chi connectivity index (χ4n) is 4.37. The molecular formula is C32H33BrN2O3. The van der Waals surface area contributed by atoms with Crippen LogP contribution in [0.2, 0.25) is 0 Å². The lowest BCUT2D eigenvalue weighted by molar-refractivity contribution is -0.143. The first-order valence-electron chi connectivity index (χ1n) is 12.9. The van der Waals surface area contributed by atoms with Crippen molar-refractivity contribution in [1.29, 1.82) is 0 Å². The predicted molar refractivity (Wildman–Crippen MR) is 156 cm³/mol. The van der Waals surface area contributed by atoms with Crippen LogP contribution in [0, 0.1) is 0 Å². The number of fused-ring (bicyclic) bond motifs is 1. The number of hydrogen-bond donors (Lipinski definition) is 1. The topological polar surface area (TPSA) is 58.6 Å². The van der Waals surface area contributed by atoms with Crippen molar-refractivity contribution in [3.63, 3.8) is 0 Å². The van der Waals surface area contributed by atoms with Gasteiger partial charge in [-0.2, -0.15) is 0 Å². The summed E-state index contributed by atoms with van der Waals surface area (Å²) in [4.78, 5) is 29.1. The zero-order chi connectivity index (χ0) is 26.9. The highest BCUT2D eigenvalue weighted by molar-refractivity contribution is 9.10. The second kappa shape index (κ2) is 13.2. The minimum Gasteiger partial charge on any atom is -0.483 e. The third-order valence-electron chi connectivity index (χ3n) is 6.61. The SMILES string of the molecule is CCC(C)NC(=O)C(Cc1ccccc1)N(Cc1cccc(Br)c1)C(=O)COc1cccc2ccccc12. The van der Waals surface area contributed by atoms with Crippen LogP contribution in [0.5, 0.6) is 5.75 Å². The normalized spacial score (nSPS) is 12.5. The maximum atomic E-state index is 13.8. The first-order valence-corrected chi connectivity index (χ1v) is 13.7. The zero-order valence-electron chi connectivity index (χ0n) is 21.8. The van der Waals surface area contributed by atoms with Crippen molar-refractivity contribution in [1.82, 2.24) is 10.2 Å². The maximum absolute atomic E-state index is 13.8. The number of rotatable bonds is 11. The molecule has 0 aliphatic carbocycles. The Bertz CT molecular complexity index is 1370. The Morgan fingerprint density at radius 3 is 2.34 bits per heavy atom. The van der Waals surface area contributed by atoms with Crippen molar-refractivity contribution in [2.24, 2.45) is 0 Å². The summed E-state index contributed by atoms with van der Waals surface area (Å²) in [5.41, 5.74) is 1.91. The summed E-state index contributed by atoms with van der Waals surface area (Å²) in [6.45, 7) is 4.10. The monoisotopic (exact) mass is 572 g/mol. The quantitative estimate of drug-likeness (QED) is 0.222. The molecule has 0 fully saturated rings. The van der Waals surface area contributed by atoms with Gasteiger partial charge in [-0.3, -0.25) is 9.59 Å². The molecule has 5 nitrogen and oxygen atoms in total. The van der Waals surface area contributed by atoms with Crippen LogP contribution < -0.4 is 10.1 Å². The van der Waals surface area contributed by atoms with Gasteiger partial charge >= 0.3 is 0 Å². The molecule has 1 N–H and O–H groups in total. The van der Waals surface area contributed by atoms with Gasteiger partial charge in [-0.05, 0) is 48.1 Å². The Hall–Kier alpha value is -3.64. The van der Waals surface area contributed by atoms with E-state index in [2.05, 4.69) is 21.2 Å². The first-order chi connectivity index (χ1) is 18.4. The standard InChI is InChI=1S/C32H33BrN2O3/c1-3-23(2)34-32(37)29(20-24-11-5-4-6-12-24)35(21-25-13-9-16-27(33)19-25)31(36)22-38-30-18-10-15-26-14-7-8-17-28(26)30/h4-19,23,29H,3,20-22H2,1-2H3,(H,34,37). The van der Waals surface area contributed by atoms with Crippen LogP contribution in [0.1, 0.15) is 31.4 Å². The van der Waals surface area contributed by atoms with Gasteiger partial charge in [0.15, 0.2) is 6.61 Å². The predicted octanol–water partition coefficient (Wildman–Crippen LogP) is 6.54. The maximum Gasteiger partial charge on any atom is 0.261 e. The minimum atomic E-state index is -0.700. The Labute approximate surface area is 232 Å². The fraction of sp³-hybridized carbons (Fsp3) is 0.250. The van der Waals surface area contributed by atoms with E-state index in [1.807, 2.05) is 111 Å². The number of carbonyl (C=O) groups is 2. The van der Waals surface area contributed by atoms with Crippen LogP contribution in [0.25, 0.3) is 10.8 Å². The molecule has 0 aliphatic rings. The lowest BCUT2D eigenvalue weighted by Gasteiger charge is -2.32. The first kappa shape index (κ1) is 27.4. The number of nitrogens with zero attached hydrogens (tertiary/aromatic N) is 1. The van der Waals surface area contributed by atoms with Gasteiger partial charge in [0.2, 0.25) is 5.91 Å². The van der Waals surface area contributed by atoms with Gasteiger partial charge in [-0.25, -0.2) is 0 Å². The van der Waals surface area contributed by atoms with Crippen LogP contribution in [-0.4, -0.2) is 35.4 Å². The van der Waals surface area contributed by atoms with Gasteiger partial charge in [0, 0.05) is 28.9 Å². The molecule has 0 bridgehead atoms. The highest BCUT2D eigenvalue weighted by Crippen LogP contribution is 2.25.